The number of ether oxygens (including phenoxy) is 2. The lowest BCUT2D eigenvalue weighted by Crippen LogP contribution is -2.49. The van der Waals surface area contributed by atoms with E-state index in [4.69, 9.17) is 9.47 Å². The molecule has 27 heavy (non-hydrogen) atoms. The van der Waals surface area contributed by atoms with Gasteiger partial charge < -0.3 is 14.4 Å². The molecule has 0 aliphatic carbocycles. The van der Waals surface area contributed by atoms with E-state index in [0.29, 0.717) is 32.6 Å². The minimum Gasteiger partial charge on any atom is -0.497 e. The first-order valence-electron chi connectivity index (χ1n) is 9.01. The number of aryl methyl sites for hydroxylation is 1. The van der Waals surface area contributed by atoms with Crippen LogP contribution in [0.3, 0.4) is 0 Å². The molecule has 1 heterocycles. The summed E-state index contributed by atoms with van der Waals surface area (Å²) in [7, 11) is -0.0192. The zero-order valence-corrected chi connectivity index (χ0v) is 16.6. The monoisotopic (exact) mass is 390 g/mol. The van der Waals surface area contributed by atoms with Crippen molar-refractivity contribution < 1.29 is 17.9 Å². The molecule has 3 rings (SSSR count). The van der Waals surface area contributed by atoms with Crippen molar-refractivity contribution in [3.63, 3.8) is 0 Å². The lowest BCUT2D eigenvalue weighted by Gasteiger charge is -2.35. The van der Waals surface area contributed by atoms with Gasteiger partial charge in [-0.2, -0.15) is 4.31 Å². The number of hydrogen-bond donors (Lipinski definition) is 0. The van der Waals surface area contributed by atoms with Gasteiger partial charge in [-0.3, -0.25) is 0 Å². The van der Waals surface area contributed by atoms with Crippen LogP contribution >= 0.6 is 0 Å². The molecule has 1 aliphatic heterocycles. The molecule has 0 radical (unpaired) electrons. The van der Waals surface area contributed by atoms with E-state index in [1.54, 1.807) is 18.5 Å². The van der Waals surface area contributed by atoms with E-state index in [2.05, 4.69) is 4.90 Å². The molecule has 0 aromatic heterocycles. The lowest BCUT2D eigenvalue weighted by molar-refractivity contribution is 0.384. The van der Waals surface area contributed by atoms with Gasteiger partial charge in [0.1, 0.15) is 11.5 Å². The molecule has 1 aliphatic rings. The maximum Gasteiger partial charge on any atom is 0.214 e. The van der Waals surface area contributed by atoms with Gasteiger partial charge in [-0.1, -0.05) is 12.1 Å². The topological polar surface area (TPSA) is 59.1 Å². The fourth-order valence-corrected chi connectivity index (χ4v) is 4.69. The van der Waals surface area contributed by atoms with E-state index in [-0.39, 0.29) is 5.75 Å². The van der Waals surface area contributed by atoms with Crippen LogP contribution in [-0.4, -0.2) is 58.9 Å². The van der Waals surface area contributed by atoms with Crippen molar-refractivity contribution in [2.24, 2.45) is 0 Å². The Balaban J connectivity index is 1.55. The Bertz CT molecular complexity index is 845. The molecule has 2 aromatic rings. The molecule has 7 heteroatoms. The Kier molecular flexibility index (Phi) is 6.23. The summed E-state index contributed by atoms with van der Waals surface area (Å²) in [6, 6.07) is 15.4. The van der Waals surface area contributed by atoms with Crippen molar-refractivity contribution in [3.05, 3.63) is 54.1 Å². The zero-order chi connectivity index (χ0) is 19.3. The average Bonchev–Trinajstić information content (AvgIpc) is 2.73. The standard InChI is InChI=1S/C20H26N2O4S/c1-25-19-8-6-18(7-9-19)21-11-13-22(14-12-21)27(23,24)15-10-17-4-3-5-20(16-17)26-2/h3-9,16H,10-15H2,1-2H3. The maximum atomic E-state index is 12.7. The summed E-state index contributed by atoms with van der Waals surface area (Å²) in [6.45, 7) is 2.38. The van der Waals surface area contributed by atoms with Crippen LogP contribution in [0.5, 0.6) is 11.5 Å². The predicted octanol–water partition coefficient (Wildman–Crippen LogP) is 2.40. The van der Waals surface area contributed by atoms with Crippen molar-refractivity contribution in [1.29, 1.82) is 0 Å². The Morgan fingerprint density at radius 3 is 2.19 bits per heavy atom. The third-order valence-electron chi connectivity index (χ3n) is 4.85. The van der Waals surface area contributed by atoms with Crippen LogP contribution in [-0.2, 0) is 16.4 Å². The quantitative estimate of drug-likeness (QED) is 0.727. The van der Waals surface area contributed by atoms with Crippen LogP contribution in [0.2, 0.25) is 0 Å². The minimum atomic E-state index is -3.27. The van der Waals surface area contributed by atoms with E-state index in [0.717, 1.165) is 22.7 Å². The van der Waals surface area contributed by atoms with Crippen LogP contribution in [0, 0.1) is 0 Å². The molecule has 6 nitrogen and oxygen atoms in total. The summed E-state index contributed by atoms with van der Waals surface area (Å²) in [5, 5.41) is 0. The van der Waals surface area contributed by atoms with Gasteiger partial charge in [-0.15, -0.1) is 0 Å². The van der Waals surface area contributed by atoms with Gasteiger partial charge >= 0.3 is 0 Å². The highest BCUT2D eigenvalue weighted by molar-refractivity contribution is 7.89. The van der Waals surface area contributed by atoms with E-state index >= 15 is 0 Å². The van der Waals surface area contributed by atoms with Crippen LogP contribution in [0.25, 0.3) is 0 Å². The Labute approximate surface area is 161 Å². The normalized spacial score (nSPS) is 15.6. The number of benzene rings is 2. The second kappa shape index (κ2) is 8.63. The van der Waals surface area contributed by atoms with Gasteiger partial charge in [0.15, 0.2) is 0 Å². The molecule has 0 saturated carbocycles. The van der Waals surface area contributed by atoms with Crippen molar-refractivity contribution >= 4 is 15.7 Å². The molecule has 1 saturated heterocycles. The van der Waals surface area contributed by atoms with Crippen molar-refractivity contribution in [2.45, 2.75) is 6.42 Å². The largest absolute Gasteiger partial charge is 0.497 e. The first kappa shape index (κ1) is 19.5. The van der Waals surface area contributed by atoms with E-state index in [9.17, 15) is 8.42 Å². The molecule has 0 N–H and O–H groups in total. The van der Waals surface area contributed by atoms with Gasteiger partial charge in [0.05, 0.1) is 20.0 Å². The molecule has 146 valence electrons. The second-order valence-corrected chi connectivity index (χ2v) is 8.59. The van der Waals surface area contributed by atoms with E-state index in [1.165, 1.54) is 0 Å². The van der Waals surface area contributed by atoms with Crippen LogP contribution < -0.4 is 14.4 Å². The summed E-state index contributed by atoms with van der Waals surface area (Å²) in [5.41, 5.74) is 2.05. The van der Waals surface area contributed by atoms with Crippen LogP contribution in [0.1, 0.15) is 5.56 Å². The third-order valence-corrected chi connectivity index (χ3v) is 6.72. The average molecular weight is 391 g/mol. The Morgan fingerprint density at radius 2 is 1.56 bits per heavy atom. The third kappa shape index (κ3) is 4.93. The number of piperazine rings is 1. The highest BCUT2D eigenvalue weighted by Crippen LogP contribution is 2.21. The van der Waals surface area contributed by atoms with Crippen molar-refractivity contribution in [2.75, 3.05) is 51.1 Å². The number of sulfonamides is 1. The number of rotatable bonds is 7. The Morgan fingerprint density at radius 1 is 0.889 bits per heavy atom. The molecule has 0 amide bonds. The van der Waals surface area contributed by atoms with Gasteiger partial charge in [-0.05, 0) is 48.4 Å². The molecule has 0 unspecified atom stereocenters. The highest BCUT2D eigenvalue weighted by Gasteiger charge is 2.26. The minimum absolute atomic E-state index is 0.114. The van der Waals surface area contributed by atoms with Gasteiger partial charge in [0.25, 0.3) is 0 Å². The maximum absolute atomic E-state index is 12.7. The van der Waals surface area contributed by atoms with E-state index < -0.39 is 10.0 Å². The molecular formula is C20H26N2O4S. The van der Waals surface area contributed by atoms with Crippen molar-refractivity contribution in [3.8, 4) is 11.5 Å². The van der Waals surface area contributed by atoms with Crippen LogP contribution in [0.15, 0.2) is 48.5 Å². The van der Waals surface area contributed by atoms with Gasteiger partial charge in [0, 0.05) is 31.9 Å². The van der Waals surface area contributed by atoms with Crippen molar-refractivity contribution in [1.82, 2.24) is 4.31 Å². The number of anilines is 1. The number of nitrogens with zero attached hydrogens (tertiary/aromatic N) is 2. The SMILES string of the molecule is COc1ccc(N2CCN(S(=O)(=O)CCc3cccc(OC)c3)CC2)cc1. The first-order valence-corrected chi connectivity index (χ1v) is 10.6. The molecule has 0 bridgehead atoms. The number of methoxy groups -OCH3 is 2. The summed E-state index contributed by atoms with van der Waals surface area (Å²) in [4.78, 5) is 2.20. The summed E-state index contributed by atoms with van der Waals surface area (Å²) in [6.07, 6.45) is 0.484. The summed E-state index contributed by atoms with van der Waals surface area (Å²) < 4.78 is 37.4. The Hall–Kier alpha value is -2.25. The molecular weight excluding hydrogens is 364 g/mol. The number of hydrogen-bond acceptors (Lipinski definition) is 5. The predicted molar refractivity (Wildman–Crippen MR) is 107 cm³/mol. The fourth-order valence-electron chi connectivity index (χ4n) is 3.22. The molecule has 0 atom stereocenters. The van der Waals surface area contributed by atoms with Gasteiger partial charge in [0.2, 0.25) is 10.0 Å². The fraction of sp³-hybridized carbons (Fsp3) is 0.400. The molecule has 1 fully saturated rings. The molecule has 0 spiro atoms. The smallest absolute Gasteiger partial charge is 0.214 e. The summed E-state index contributed by atoms with van der Waals surface area (Å²) in [5.74, 6) is 1.68. The summed E-state index contributed by atoms with van der Waals surface area (Å²) >= 11 is 0. The first-order chi connectivity index (χ1) is 13.0. The molecule has 2 aromatic carbocycles. The van der Waals surface area contributed by atoms with Crippen LogP contribution in [0.4, 0.5) is 5.69 Å². The second-order valence-electron chi connectivity index (χ2n) is 6.50. The lowest BCUT2D eigenvalue weighted by atomic mass is 10.2. The van der Waals surface area contributed by atoms with Gasteiger partial charge in [-0.25, -0.2) is 8.42 Å². The zero-order valence-electron chi connectivity index (χ0n) is 15.8. The highest BCUT2D eigenvalue weighted by atomic mass is 32.2. The van der Waals surface area contributed by atoms with E-state index in [1.807, 2.05) is 48.5 Å².